The van der Waals surface area contributed by atoms with Gasteiger partial charge in [0.25, 0.3) is 0 Å². The fourth-order valence-corrected chi connectivity index (χ4v) is 6.22. The summed E-state index contributed by atoms with van der Waals surface area (Å²) in [5.74, 6) is 1.04. The Kier molecular flexibility index (Phi) is 11.1. The molecule has 2 N–H and O–H groups in total. The molecule has 5 rings (SSSR count). The number of sulfonamides is 1. The molecule has 42 heavy (non-hydrogen) atoms. The number of hydrogen-bond donors (Lipinski definition) is 2. The minimum Gasteiger partial charge on any atom is -0.439 e. The molecule has 9 nitrogen and oxygen atoms in total. The molecule has 0 bridgehead atoms. The molecule has 1 aromatic heterocycles. The van der Waals surface area contributed by atoms with Crippen molar-refractivity contribution in [3.63, 3.8) is 0 Å². The van der Waals surface area contributed by atoms with Crippen LogP contribution in [0.15, 0.2) is 72.9 Å². The van der Waals surface area contributed by atoms with E-state index in [4.69, 9.17) is 4.74 Å². The maximum Gasteiger partial charge on any atom is 0.322 e. The molecule has 2 amide bonds. The van der Waals surface area contributed by atoms with E-state index in [1.165, 1.54) is 19.3 Å². The monoisotopic (exact) mass is 613 g/mol. The van der Waals surface area contributed by atoms with Gasteiger partial charge in [-0.3, -0.25) is 14.5 Å². The fourth-order valence-electron chi connectivity index (χ4n) is 5.66. The highest BCUT2D eigenvalue weighted by Crippen LogP contribution is 2.27. The van der Waals surface area contributed by atoms with Gasteiger partial charge in [-0.1, -0.05) is 43.5 Å². The van der Waals surface area contributed by atoms with Crippen LogP contribution in [0.3, 0.4) is 0 Å². The van der Waals surface area contributed by atoms with Gasteiger partial charge in [0.1, 0.15) is 5.75 Å². The Hall–Kier alpha value is -3.34. The zero-order valence-corrected chi connectivity index (χ0v) is 25.6. The summed E-state index contributed by atoms with van der Waals surface area (Å²) in [4.78, 5) is 22.3. The maximum atomic E-state index is 13.5. The highest BCUT2D eigenvalue weighted by Gasteiger charge is 2.30. The summed E-state index contributed by atoms with van der Waals surface area (Å²) in [6.45, 7) is 2.58. The summed E-state index contributed by atoms with van der Waals surface area (Å²) in [7, 11) is -3.32. The predicted octanol–water partition coefficient (Wildman–Crippen LogP) is 6.18. The van der Waals surface area contributed by atoms with Crippen molar-refractivity contribution in [3.05, 3.63) is 78.5 Å². The number of urea groups is 1. The number of benzene rings is 2. The summed E-state index contributed by atoms with van der Waals surface area (Å²) in [6, 6.07) is 21.1. The molecule has 1 aliphatic carbocycles. The van der Waals surface area contributed by atoms with Crippen molar-refractivity contribution in [1.29, 1.82) is 0 Å². The first kappa shape index (κ1) is 31.6. The van der Waals surface area contributed by atoms with Gasteiger partial charge < -0.3 is 10.1 Å². The van der Waals surface area contributed by atoms with Crippen LogP contribution < -0.4 is 19.7 Å². The van der Waals surface area contributed by atoms with Crippen molar-refractivity contribution >= 4 is 39.8 Å². The van der Waals surface area contributed by atoms with Crippen LogP contribution in [-0.2, 0) is 16.6 Å². The zero-order chi connectivity index (χ0) is 28.7. The lowest BCUT2D eigenvalue weighted by Gasteiger charge is -2.39. The van der Waals surface area contributed by atoms with Crippen molar-refractivity contribution in [1.82, 2.24) is 15.2 Å². The maximum absolute atomic E-state index is 13.5. The Balaban J connectivity index is 0.00000405. The van der Waals surface area contributed by atoms with E-state index >= 15 is 0 Å². The molecule has 226 valence electrons. The predicted molar refractivity (Wildman–Crippen MR) is 169 cm³/mol. The molecule has 11 heteroatoms. The van der Waals surface area contributed by atoms with E-state index in [0.717, 1.165) is 62.8 Å². The summed E-state index contributed by atoms with van der Waals surface area (Å²) in [6.07, 6.45) is 10.5. The van der Waals surface area contributed by atoms with Crippen molar-refractivity contribution in [3.8, 4) is 11.6 Å². The highest BCUT2D eigenvalue weighted by atomic mass is 35.5. The van der Waals surface area contributed by atoms with E-state index in [9.17, 15) is 13.2 Å². The van der Waals surface area contributed by atoms with Crippen LogP contribution in [0.2, 0.25) is 0 Å². The Labute approximate surface area is 255 Å². The standard InChI is InChI=1S/C31H39N5O4S.ClH/c1-41(38,39)34-26-13-15-29(16-14-26)40-30-17-12-24(22-32-30)23-35-20-18-28(19-21-35)36(27-10-6-3-7-11-27)31(37)33-25-8-4-2-5-9-25;/h3,6-7,10-17,22,25,28,34H,2,4-5,8-9,18-21,23H2,1H3,(H,33,37);1H. The first-order valence-corrected chi connectivity index (χ1v) is 16.3. The lowest BCUT2D eigenvalue weighted by molar-refractivity contribution is 0.195. The Bertz CT molecular complexity index is 1380. The summed E-state index contributed by atoms with van der Waals surface area (Å²) in [5, 5.41) is 3.33. The number of rotatable bonds is 9. The van der Waals surface area contributed by atoms with Crippen LogP contribution >= 0.6 is 12.4 Å². The third-order valence-electron chi connectivity index (χ3n) is 7.69. The van der Waals surface area contributed by atoms with Crippen LogP contribution in [0.1, 0.15) is 50.5 Å². The van der Waals surface area contributed by atoms with Crippen molar-refractivity contribution in [2.75, 3.05) is 29.0 Å². The smallest absolute Gasteiger partial charge is 0.322 e. The first-order chi connectivity index (χ1) is 19.8. The number of para-hydroxylation sites is 1. The van der Waals surface area contributed by atoms with Gasteiger partial charge in [0.15, 0.2) is 0 Å². The number of carbonyl (C=O) groups is 1. The second-order valence-corrected chi connectivity index (χ2v) is 12.8. The van der Waals surface area contributed by atoms with Gasteiger partial charge in [0.2, 0.25) is 15.9 Å². The van der Waals surface area contributed by atoms with E-state index in [-0.39, 0.29) is 30.5 Å². The topological polar surface area (TPSA) is 104 Å². The van der Waals surface area contributed by atoms with E-state index in [1.54, 1.807) is 24.3 Å². The fraction of sp³-hybridized carbons (Fsp3) is 0.419. The molecule has 1 saturated carbocycles. The SMILES string of the molecule is CS(=O)(=O)Nc1ccc(Oc2ccc(CN3CCC(N(C(=O)NC4CCCCC4)c4ccccc4)CC3)cn2)cc1.Cl. The Morgan fingerprint density at radius 2 is 1.64 bits per heavy atom. The molecule has 3 aromatic rings. The van der Waals surface area contributed by atoms with Gasteiger partial charge in [0, 0.05) is 55.4 Å². The number of aromatic nitrogens is 1. The molecule has 0 unspecified atom stereocenters. The minimum atomic E-state index is -3.32. The van der Waals surface area contributed by atoms with E-state index < -0.39 is 10.0 Å². The third-order valence-corrected chi connectivity index (χ3v) is 8.30. The van der Waals surface area contributed by atoms with E-state index in [0.29, 0.717) is 17.3 Å². The van der Waals surface area contributed by atoms with Gasteiger partial charge in [-0.05, 0) is 67.6 Å². The third kappa shape index (κ3) is 9.08. The molecular weight excluding hydrogens is 574 g/mol. The van der Waals surface area contributed by atoms with Gasteiger partial charge in [-0.2, -0.15) is 0 Å². The first-order valence-electron chi connectivity index (χ1n) is 14.4. The number of nitrogens with zero attached hydrogens (tertiary/aromatic N) is 3. The number of hydrogen-bond acceptors (Lipinski definition) is 6. The summed E-state index contributed by atoms with van der Waals surface area (Å²) < 4.78 is 31.0. The van der Waals surface area contributed by atoms with Crippen LogP contribution in [0, 0.1) is 0 Å². The van der Waals surface area contributed by atoms with Crippen molar-refractivity contribution in [2.24, 2.45) is 0 Å². The number of pyridine rings is 1. The van der Waals surface area contributed by atoms with E-state index in [2.05, 4.69) is 19.9 Å². The number of halogens is 1. The normalized spacial score (nSPS) is 16.7. The molecule has 0 spiro atoms. The molecule has 0 radical (unpaired) electrons. The van der Waals surface area contributed by atoms with Gasteiger partial charge in [-0.15, -0.1) is 12.4 Å². The second-order valence-electron chi connectivity index (χ2n) is 11.0. The second kappa shape index (κ2) is 14.7. The van der Waals surface area contributed by atoms with Crippen LogP contribution in [0.5, 0.6) is 11.6 Å². The molecule has 1 saturated heterocycles. The molecular formula is C31H40ClN5O4S. The number of piperidine rings is 1. The number of nitrogens with one attached hydrogen (secondary N) is 2. The lowest BCUT2D eigenvalue weighted by atomic mass is 9.95. The van der Waals surface area contributed by atoms with Gasteiger partial charge in [-0.25, -0.2) is 18.2 Å². The summed E-state index contributed by atoms with van der Waals surface area (Å²) in [5.41, 5.74) is 2.53. The van der Waals surface area contributed by atoms with Crippen LogP contribution in [0.4, 0.5) is 16.2 Å². The quantitative estimate of drug-likeness (QED) is 0.299. The largest absolute Gasteiger partial charge is 0.439 e. The van der Waals surface area contributed by atoms with Crippen molar-refractivity contribution in [2.45, 2.75) is 63.6 Å². The van der Waals surface area contributed by atoms with Crippen molar-refractivity contribution < 1.29 is 17.9 Å². The Morgan fingerprint density at radius 1 is 0.952 bits per heavy atom. The zero-order valence-electron chi connectivity index (χ0n) is 23.9. The molecule has 2 fully saturated rings. The molecule has 2 aliphatic rings. The molecule has 2 aromatic carbocycles. The lowest BCUT2D eigenvalue weighted by Crippen LogP contribution is -2.53. The Morgan fingerprint density at radius 3 is 2.26 bits per heavy atom. The van der Waals surface area contributed by atoms with Crippen LogP contribution in [-0.4, -0.2) is 55.8 Å². The minimum absolute atomic E-state index is 0. The van der Waals surface area contributed by atoms with Gasteiger partial charge in [0.05, 0.1) is 6.26 Å². The molecule has 1 aliphatic heterocycles. The number of amides is 2. The number of carbonyl (C=O) groups excluding carboxylic acids is 1. The van der Waals surface area contributed by atoms with E-state index in [1.807, 2.05) is 53.6 Å². The highest BCUT2D eigenvalue weighted by molar-refractivity contribution is 7.92. The van der Waals surface area contributed by atoms with Crippen LogP contribution in [0.25, 0.3) is 0 Å². The number of ether oxygens (including phenoxy) is 1. The summed E-state index contributed by atoms with van der Waals surface area (Å²) >= 11 is 0. The number of anilines is 2. The molecule has 2 heterocycles. The average molecular weight is 614 g/mol. The average Bonchev–Trinajstić information content (AvgIpc) is 2.97. The van der Waals surface area contributed by atoms with Gasteiger partial charge >= 0.3 is 6.03 Å². The molecule has 0 atom stereocenters. The number of likely N-dealkylation sites (tertiary alicyclic amines) is 1.